The highest BCUT2D eigenvalue weighted by molar-refractivity contribution is 7.88. The van der Waals surface area contributed by atoms with E-state index in [9.17, 15) is 8.42 Å². The lowest BCUT2D eigenvalue weighted by Crippen LogP contribution is -2.27. The Morgan fingerprint density at radius 1 is 1.05 bits per heavy atom. The molecule has 112 valence electrons. The Morgan fingerprint density at radius 2 is 1.86 bits per heavy atom. The second kappa shape index (κ2) is 6.95. The molecule has 3 N–H and O–H groups in total. The first kappa shape index (κ1) is 15.1. The lowest BCUT2D eigenvalue weighted by Gasteiger charge is -2.08. The molecule has 0 aromatic carbocycles. The van der Waals surface area contributed by atoms with Gasteiger partial charge in [-0.15, -0.1) is 0 Å². The number of hydrogen-bond donors (Lipinski definition) is 3. The van der Waals surface area contributed by atoms with Crippen molar-refractivity contribution < 1.29 is 8.42 Å². The molecule has 0 aliphatic rings. The molecule has 0 aliphatic carbocycles. The normalized spacial score (nSPS) is 11.1. The molecule has 8 nitrogen and oxygen atoms in total. The van der Waals surface area contributed by atoms with E-state index in [1.54, 1.807) is 12.3 Å². The summed E-state index contributed by atoms with van der Waals surface area (Å²) in [5, 5.41) is 6.05. The van der Waals surface area contributed by atoms with Gasteiger partial charge in [0.05, 0.1) is 6.26 Å². The molecule has 0 saturated heterocycles. The standard InChI is InChI=1S/C12H16N6O2S/c1-21(19,20)17-7-6-14-11-8-12(16-9-15-11)18-10-4-2-3-5-13-10/h2-5,8-9,17H,6-7H2,1H3,(H2,13,14,15,16,18). The van der Waals surface area contributed by atoms with Gasteiger partial charge in [0, 0.05) is 25.4 Å². The van der Waals surface area contributed by atoms with Crippen molar-refractivity contribution in [2.45, 2.75) is 0 Å². The molecule has 2 heterocycles. The van der Waals surface area contributed by atoms with Gasteiger partial charge < -0.3 is 10.6 Å². The predicted molar refractivity (Wildman–Crippen MR) is 80.9 cm³/mol. The smallest absolute Gasteiger partial charge is 0.208 e. The predicted octanol–water partition coefficient (Wildman–Crippen LogP) is 0.576. The maximum absolute atomic E-state index is 10.9. The highest BCUT2D eigenvalue weighted by Gasteiger charge is 2.01. The minimum absolute atomic E-state index is 0.284. The molecule has 0 amide bonds. The van der Waals surface area contributed by atoms with Crippen molar-refractivity contribution in [2.75, 3.05) is 30.0 Å². The quantitative estimate of drug-likeness (QED) is 0.642. The van der Waals surface area contributed by atoms with Gasteiger partial charge in [-0.1, -0.05) is 6.07 Å². The van der Waals surface area contributed by atoms with E-state index in [1.807, 2.05) is 18.2 Å². The van der Waals surface area contributed by atoms with E-state index in [0.717, 1.165) is 6.26 Å². The van der Waals surface area contributed by atoms with Gasteiger partial charge in [-0.2, -0.15) is 0 Å². The van der Waals surface area contributed by atoms with Crippen LogP contribution in [0.2, 0.25) is 0 Å². The summed E-state index contributed by atoms with van der Waals surface area (Å²) in [4.78, 5) is 12.3. The molecule has 2 aromatic heterocycles. The van der Waals surface area contributed by atoms with Crippen LogP contribution in [0.15, 0.2) is 36.8 Å². The fourth-order valence-corrected chi connectivity index (χ4v) is 1.99. The topological polar surface area (TPSA) is 109 Å². The highest BCUT2D eigenvalue weighted by atomic mass is 32.2. The summed E-state index contributed by atoms with van der Waals surface area (Å²) in [5.74, 6) is 1.88. The van der Waals surface area contributed by atoms with Gasteiger partial charge in [-0.05, 0) is 12.1 Å². The SMILES string of the molecule is CS(=O)(=O)NCCNc1cc(Nc2ccccn2)ncn1. The number of rotatable bonds is 7. The average molecular weight is 308 g/mol. The first-order valence-corrected chi connectivity index (χ1v) is 8.11. The Hall–Kier alpha value is -2.26. The molecule has 2 aromatic rings. The molecule has 0 saturated carbocycles. The molecule has 0 fully saturated rings. The molecule has 0 radical (unpaired) electrons. The molecule has 21 heavy (non-hydrogen) atoms. The third-order valence-corrected chi connectivity index (χ3v) is 3.11. The number of anilines is 3. The number of sulfonamides is 1. The molecule has 0 spiro atoms. The molecular weight excluding hydrogens is 292 g/mol. The second-order valence-electron chi connectivity index (χ2n) is 4.22. The van der Waals surface area contributed by atoms with Crippen LogP contribution in [-0.2, 0) is 10.0 Å². The zero-order valence-electron chi connectivity index (χ0n) is 11.4. The number of aromatic nitrogens is 3. The van der Waals surface area contributed by atoms with Crippen LogP contribution in [0.3, 0.4) is 0 Å². The summed E-state index contributed by atoms with van der Waals surface area (Å²) in [6.07, 6.45) is 4.21. The Balaban J connectivity index is 1.89. The monoisotopic (exact) mass is 308 g/mol. The first-order valence-electron chi connectivity index (χ1n) is 6.21. The van der Waals surface area contributed by atoms with Crippen LogP contribution in [-0.4, -0.2) is 42.7 Å². The van der Waals surface area contributed by atoms with Crippen molar-refractivity contribution in [3.63, 3.8) is 0 Å². The molecule has 0 unspecified atom stereocenters. The molecule has 0 atom stereocenters. The zero-order valence-corrected chi connectivity index (χ0v) is 12.3. The van der Waals surface area contributed by atoms with E-state index >= 15 is 0 Å². The minimum Gasteiger partial charge on any atom is -0.369 e. The average Bonchev–Trinajstić information content (AvgIpc) is 2.44. The van der Waals surface area contributed by atoms with Crippen molar-refractivity contribution in [2.24, 2.45) is 0 Å². The van der Waals surface area contributed by atoms with E-state index in [-0.39, 0.29) is 6.54 Å². The van der Waals surface area contributed by atoms with Crippen molar-refractivity contribution in [1.29, 1.82) is 0 Å². The molecule has 0 aliphatic heterocycles. The fraction of sp³-hybridized carbons (Fsp3) is 0.250. The highest BCUT2D eigenvalue weighted by Crippen LogP contribution is 2.13. The van der Waals surface area contributed by atoms with Gasteiger partial charge in [0.1, 0.15) is 23.8 Å². The largest absolute Gasteiger partial charge is 0.369 e. The van der Waals surface area contributed by atoms with Gasteiger partial charge in [-0.25, -0.2) is 28.1 Å². The van der Waals surface area contributed by atoms with E-state index in [1.165, 1.54) is 6.33 Å². The minimum atomic E-state index is -3.17. The Morgan fingerprint density at radius 3 is 2.57 bits per heavy atom. The van der Waals surface area contributed by atoms with Crippen molar-refractivity contribution in [3.05, 3.63) is 36.8 Å². The Bertz CT molecular complexity index is 677. The van der Waals surface area contributed by atoms with Crippen LogP contribution in [0, 0.1) is 0 Å². The summed E-state index contributed by atoms with van der Waals surface area (Å²) >= 11 is 0. The third-order valence-electron chi connectivity index (χ3n) is 2.38. The van der Waals surface area contributed by atoms with Crippen LogP contribution >= 0.6 is 0 Å². The second-order valence-corrected chi connectivity index (χ2v) is 6.05. The molecule has 9 heteroatoms. The van der Waals surface area contributed by atoms with Gasteiger partial charge in [0.15, 0.2) is 0 Å². The van der Waals surface area contributed by atoms with E-state index < -0.39 is 10.0 Å². The molecular formula is C12H16N6O2S. The van der Waals surface area contributed by atoms with E-state index in [0.29, 0.717) is 24.0 Å². The van der Waals surface area contributed by atoms with Crippen molar-refractivity contribution in [3.8, 4) is 0 Å². The Kier molecular flexibility index (Phi) is 5.01. The lowest BCUT2D eigenvalue weighted by atomic mass is 10.4. The maximum Gasteiger partial charge on any atom is 0.208 e. The molecule has 0 bridgehead atoms. The third kappa shape index (κ3) is 5.71. The molecule has 2 rings (SSSR count). The summed E-state index contributed by atoms with van der Waals surface area (Å²) in [5.41, 5.74) is 0. The number of nitrogens with zero attached hydrogens (tertiary/aromatic N) is 3. The van der Waals surface area contributed by atoms with Crippen LogP contribution in [0.1, 0.15) is 0 Å². The Labute approximate surface area is 123 Å². The fourth-order valence-electron chi connectivity index (χ4n) is 1.52. The van der Waals surface area contributed by atoms with Crippen LogP contribution < -0.4 is 15.4 Å². The van der Waals surface area contributed by atoms with Gasteiger partial charge in [0.25, 0.3) is 0 Å². The van der Waals surface area contributed by atoms with Gasteiger partial charge >= 0.3 is 0 Å². The number of hydrogen-bond acceptors (Lipinski definition) is 7. The maximum atomic E-state index is 10.9. The summed E-state index contributed by atoms with van der Waals surface area (Å²) in [7, 11) is -3.17. The van der Waals surface area contributed by atoms with E-state index in [4.69, 9.17) is 0 Å². The van der Waals surface area contributed by atoms with Gasteiger partial charge in [-0.3, -0.25) is 0 Å². The first-order chi connectivity index (χ1) is 10.0. The number of nitrogens with one attached hydrogen (secondary N) is 3. The summed E-state index contributed by atoms with van der Waals surface area (Å²) in [6.45, 7) is 0.707. The van der Waals surface area contributed by atoms with Crippen LogP contribution in [0.4, 0.5) is 17.5 Å². The van der Waals surface area contributed by atoms with Crippen molar-refractivity contribution in [1.82, 2.24) is 19.7 Å². The van der Waals surface area contributed by atoms with Crippen molar-refractivity contribution >= 4 is 27.5 Å². The zero-order chi connectivity index (χ0) is 15.1. The lowest BCUT2D eigenvalue weighted by molar-refractivity contribution is 0.589. The summed E-state index contributed by atoms with van der Waals surface area (Å²) < 4.78 is 24.2. The van der Waals surface area contributed by atoms with Crippen LogP contribution in [0.5, 0.6) is 0 Å². The van der Waals surface area contributed by atoms with Crippen LogP contribution in [0.25, 0.3) is 0 Å². The number of pyridine rings is 1. The van der Waals surface area contributed by atoms with Gasteiger partial charge in [0.2, 0.25) is 10.0 Å². The van der Waals surface area contributed by atoms with E-state index in [2.05, 4.69) is 30.3 Å². The summed E-state index contributed by atoms with van der Waals surface area (Å²) in [6, 6.07) is 7.24.